The molecule has 0 saturated heterocycles. The number of primary amides is 1. The largest absolute Gasteiger partial charge is 0.441 e. The van der Waals surface area contributed by atoms with Gasteiger partial charge >= 0.3 is 0 Å². The first kappa shape index (κ1) is 26.1. The zero-order valence-corrected chi connectivity index (χ0v) is 21.7. The summed E-state index contributed by atoms with van der Waals surface area (Å²) in [6, 6.07) is 7.34. The number of hydrogen-bond donors (Lipinski definition) is 1. The third-order valence-corrected chi connectivity index (χ3v) is 9.68. The number of sulfonamides is 1. The van der Waals surface area contributed by atoms with E-state index in [2.05, 4.69) is 4.98 Å². The highest BCUT2D eigenvalue weighted by Gasteiger charge is 2.35. The molecule has 1 fully saturated rings. The Hall–Kier alpha value is -2.99. The number of halogens is 1. The second kappa shape index (κ2) is 9.81. The fraction of sp³-hybridized carbons (Fsp3) is 0.417. The van der Waals surface area contributed by atoms with Crippen LogP contribution in [0.1, 0.15) is 53.4 Å². The van der Waals surface area contributed by atoms with E-state index in [1.54, 1.807) is 18.2 Å². The highest BCUT2D eigenvalue weighted by Crippen LogP contribution is 2.33. The summed E-state index contributed by atoms with van der Waals surface area (Å²) in [5, 5.41) is 0.0321. The van der Waals surface area contributed by atoms with Crippen LogP contribution < -0.4 is 10.0 Å². The summed E-state index contributed by atoms with van der Waals surface area (Å²) in [7, 11) is -7.05. The van der Waals surface area contributed by atoms with Gasteiger partial charge in [0.05, 0.1) is 28.2 Å². The number of sulfone groups is 1. The fourth-order valence-electron chi connectivity index (χ4n) is 4.19. The van der Waals surface area contributed by atoms with Gasteiger partial charge in [0.15, 0.2) is 9.84 Å². The number of nitrogens with two attached hydrogens (primary N) is 1. The molecule has 0 unspecified atom stereocenters. The molecule has 194 valence electrons. The molecule has 9 nitrogen and oxygen atoms in total. The normalized spacial score (nSPS) is 14.3. The highest BCUT2D eigenvalue weighted by atomic mass is 32.2. The zero-order chi connectivity index (χ0) is 26.3. The van der Waals surface area contributed by atoms with Crippen molar-refractivity contribution in [3.8, 4) is 0 Å². The van der Waals surface area contributed by atoms with Crippen LogP contribution in [-0.2, 0) is 32.7 Å². The number of anilines is 1. The predicted molar refractivity (Wildman–Crippen MR) is 135 cm³/mol. The maximum absolute atomic E-state index is 13.3. The number of pyridine rings is 1. The van der Waals surface area contributed by atoms with Crippen molar-refractivity contribution in [3.05, 3.63) is 58.6 Å². The Morgan fingerprint density at radius 2 is 1.86 bits per heavy atom. The van der Waals surface area contributed by atoms with Crippen LogP contribution in [0.15, 0.2) is 34.7 Å². The standard InChI is InChI=1S/C24H28FN3O6S2/c1-3-16-14-19-21(22(26)29)20(13-15-5-7-17(25)8-6-15)34-24(19)27-23(16)28(35(2,30)31)11-4-12-36(32,33)18-9-10-18/h5-8,14,18H,3-4,9-13H2,1-2H3,(H2,26,29). The lowest BCUT2D eigenvalue weighted by Crippen LogP contribution is -2.33. The lowest BCUT2D eigenvalue weighted by Gasteiger charge is -2.23. The van der Waals surface area contributed by atoms with Crippen molar-refractivity contribution in [2.24, 2.45) is 5.73 Å². The topological polar surface area (TPSA) is 141 Å². The van der Waals surface area contributed by atoms with Gasteiger partial charge < -0.3 is 10.2 Å². The van der Waals surface area contributed by atoms with E-state index in [1.807, 2.05) is 6.92 Å². The summed E-state index contributed by atoms with van der Waals surface area (Å²) in [4.78, 5) is 16.8. The summed E-state index contributed by atoms with van der Waals surface area (Å²) in [6.07, 6.45) is 3.00. The van der Waals surface area contributed by atoms with Crippen molar-refractivity contribution < 1.29 is 30.4 Å². The van der Waals surface area contributed by atoms with Crippen LogP contribution in [0.25, 0.3) is 11.1 Å². The number of nitrogens with zero attached hydrogens (tertiary/aromatic N) is 2. The monoisotopic (exact) mass is 537 g/mol. The van der Waals surface area contributed by atoms with Crippen LogP contribution >= 0.6 is 0 Å². The number of hydrogen-bond acceptors (Lipinski definition) is 7. The minimum Gasteiger partial charge on any atom is -0.441 e. The number of aryl methyl sites for hydroxylation is 1. The van der Waals surface area contributed by atoms with Gasteiger partial charge in [-0.3, -0.25) is 9.10 Å². The van der Waals surface area contributed by atoms with E-state index in [4.69, 9.17) is 10.2 Å². The van der Waals surface area contributed by atoms with Crippen LogP contribution in [0, 0.1) is 5.82 Å². The van der Waals surface area contributed by atoms with E-state index in [-0.39, 0.29) is 53.2 Å². The average molecular weight is 538 g/mol. The number of carbonyl (C=O) groups excluding carboxylic acids is 1. The minimum atomic E-state index is -3.81. The molecule has 3 aromatic rings. The quantitative estimate of drug-likeness (QED) is 0.396. The first-order valence-corrected chi connectivity index (χ1v) is 15.2. The lowest BCUT2D eigenvalue weighted by molar-refractivity contribution is 0.1000. The van der Waals surface area contributed by atoms with Gasteiger partial charge in [-0.1, -0.05) is 19.1 Å². The number of furan rings is 1. The van der Waals surface area contributed by atoms with Crippen molar-refractivity contribution in [1.29, 1.82) is 0 Å². The molecule has 1 aromatic carbocycles. The molecule has 2 N–H and O–H groups in total. The number of aromatic nitrogens is 1. The van der Waals surface area contributed by atoms with Gasteiger partial charge in [0.2, 0.25) is 15.7 Å². The lowest BCUT2D eigenvalue weighted by atomic mass is 10.0. The Kier molecular flexibility index (Phi) is 7.11. The molecule has 0 bridgehead atoms. The van der Waals surface area contributed by atoms with E-state index in [0.29, 0.717) is 35.8 Å². The molecule has 36 heavy (non-hydrogen) atoms. The summed E-state index contributed by atoms with van der Waals surface area (Å²) < 4.78 is 70.2. The van der Waals surface area contributed by atoms with E-state index in [0.717, 1.165) is 10.6 Å². The highest BCUT2D eigenvalue weighted by molar-refractivity contribution is 7.92. The summed E-state index contributed by atoms with van der Waals surface area (Å²) in [5.74, 6) is -0.885. The number of carbonyl (C=O) groups is 1. The molecule has 0 atom stereocenters. The molecule has 2 heterocycles. The van der Waals surface area contributed by atoms with Gasteiger partial charge in [0.1, 0.15) is 17.4 Å². The van der Waals surface area contributed by atoms with Crippen molar-refractivity contribution in [2.45, 2.75) is 44.3 Å². The van der Waals surface area contributed by atoms with E-state index < -0.39 is 31.6 Å². The van der Waals surface area contributed by atoms with Crippen molar-refractivity contribution in [2.75, 3.05) is 22.9 Å². The molecule has 4 rings (SSSR count). The molecule has 12 heteroatoms. The molecule has 2 aromatic heterocycles. The summed E-state index contributed by atoms with van der Waals surface area (Å²) in [6.45, 7) is 1.75. The Morgan fingerprint density at radius 3 is 2.42 bits per heavy atom. The fourth-order valence-corrected chi connectivity index (χ4v) is 6.85. The Bertz CT molecular complexity index is 1510. The van der Waals surface area contributed by atoms with Gasteiger partial charge in [-0.05, 0) is 55.0 Å². The third-order valence-electron chi connectivity index (χ3n) is 6.18. The summed E-state index contributed by atoms with van der Waals surface area (Å²) >= 11 is 0. The summed E-state index contributed by atoms with van der Waals surface area (Å²) in [5.41, 5.74) is 7.03. The van der Waals surface area contributed by atoms with Crippen LogP contribution in [-0.4, -0.2) is 51.5 Å². The second-order valence-corrected chi connectivity index (χ2v) is 13.3. The maximum atomic E-state index is 13.3. The van der Waals surface area contributed by atoms with Gasteiger partial charge in [-0.15, -0.1) is 0 Å². The average Bonchev–Trinajstić information content (AvgIpc) is 3.59. The van der Waals surface area contributed by atoms with Crippen LogP contribution in [0.4, 0.5) is 10.2 Å². The SMILES string of the molecule is CCc1cc2c(C(N)=O)c(Cc3ccc(F)cc3)oc2nc1N(CCCS(=O)(=O)C1CC1)S(C)(=O)=O. The first-order valence-electron chi connectivity index (χ1n) is 11.6. The number of fused-ring (bicyclic) bond motifs is 1. The second-order valence-electron chi connectivity index (χ2n) is 9.00. The number of benzene rings is 1. The molecule has 1 saturated carbocycles. The van der Waals surface area contributed by atoms with Crippen LogP contribution in [0.5, 0.6) is 0 Å². The molecular weight excluding hydrogens is 509 g/mol. The maximum Gasteiger partial charge on any atom is 0.252 e. The molecule has 0 spiro atoms. The third kappa shape index (κ3) is 5.54. The van der Waals surface area contributed by atoms with Crippen LogP contribution in [0.2, 0.25) is 0 Å². The number of rotatable bonds is 11. The smallest absolute Gasteiger partial charge is 0.252 e. The molecular formula is C24H28FN3O6S2. The van der Waals surface area contributed by atoms with Crippen molar-refractivity contribution in [3.63, 3.8) is 0 Å². The van der Waals surface area contributed by atoms with Gasteiger partial charge in [-0.2, -0.15) is 4.98 Å². The minimum absolute atomic E-state index is 0.0346. The van der Waals surface area contributed by atoms with E-state index in [9.17, 15) is 26.0 Å². The molecule has 1 aliphatic rings. The van der Waals surface area contributed by atoms with Crippen LogP contribution in [0.3, 0.4) is 0 Å². The predicted octanol–water partition coefficient (Wildman–Crippen LogP) is 2.95. The van der Waals surface area contributed by atoms with E-state index in [1.165, 1.54) is 12.1 Å². The van der Waals surface area contributed by atoms with Gasteiger partial charge in [0, 0.05) is 13.0 Å². The Balaban J connectivity index is 1.73. The molecule has 0 radical (unpaired) electrons. The molecule has 1 amide bonds. The van der Waals surface area contributed by atoms with E-state index >= 15 is 0 Å². The zero-order valence-electron chi connectivity index (χ0n) is 20.0. The van der Waals surface area contributed by atoms with Crippen molar-refractivity contribution >= 4 is 42.7 Å². The Labute approximate surface area is 209 Å². The first-order chi connectivity index (χ1) is 16.9. The van der Waals surface area contributed by atoms with Gasteiger partial charge in [-0.25, -0.2) is 21.2 Å². The molecule has 0 aliphatic heterocycles. The molecule has 1 aliphatic carbocycles. The Morgan fingerprint density at radius 1 is 1.19 bits per heavy atom. The van der Waals surface area contributed by atoms with Crippen molar-refractivity contribution in [1.82, 2.24) is 4.98 Å². The van der Waals surface area contributed by atoms with Gasteiger partial charge in [0.25, 0.3) is 5.91 Å². The number of amides is 1.